The number of benzene rings is 1. The topological polar surface area (TPSA) is 115 Å². The van der Waals surface area contributed by atoms with Gasteiger partial charge in [-0.25, -0.2) is 19.2 Å². The Kier molecular flexibility index (Phi) is 7.82. The van der Waals surface area contributed by atoms with Gasteiger partial charge in [0.1, 0.15) is 17.8 Å². The first-order valence-corrected chi connectivity index (χ1v) is 13.3. The number of carbonyl (C=O) groups excluding carboxylic acids is 1. The molecule has 1 aliphatic carbocycles. The van der Waals surface area contributed by atoms with Crippen molar-refractivity contribution in [3.8, 4) is 17.2 Å². The smallest absolute Gasteiger partial charge is 0.357 e. The van der Waals surface area contributed by atoms with Crippen molar-refractivity contribution in [3.05, 3.63) is 66.0 Å². The molecule has 5 rings (SSSR count). The van der Waals surface area contributed by atoms with E-state index in [-0.39, 0.29) is 29.8 Å². The van der Waals surface area contributed by atoms with Crippen molar-refractivity contribution in [1.29, 1.82) is 10.7 Å². The molecule has 2 aliphatic rings. The van der Waals surface area contributed by atoms with E-state index < -0.39 is 12.1 Å². The maximum atomic E-state index is 13.8. The number of para-hydroxylation sites is 1. The summed E-state index contributed by atoms with van der Waals surface area (Å²) in [4.78, 5) is 24.3. The van der Waals surface area contributed by atoms with Crippen LogP contribution in [0.2, 0.25) is 0 Å². The average molecular weight is 527 g/mol. The summed E-state index contributed by atoms with van der Waals surface area (Å²) in [6.07, 6.45) is 3.01. The Bertz CT molecular complexity index is 1380. The number of carbonyl (C=O) groups is 1. The zero-order valence-electron chi connectivity index (χ0n) is 21.9. The number of nitrogens with one attached hydrogen (secondary N) is 2. The zero-order valence-corrected chi connectivity index (χ0v) is 21.9. The van der Waals surface area contributed by atoms with Crippen molar-refractivity contribution >= 4 is 29.0 Å². The lowest BCUT2D eigenvalue weighted by atomic mass is 9.76. The number of esters is 1. The molecule has 2 fully saturated rings. The van der Waals surface area contributed by atoms with Crippen LogP contribution in [-0.4, -0.2) is 47.5 Å². The number of halogens is 1. The molecule has 1 saturated heterocycles. The predicted octanol–water partition coefficient (Wildman–Crippen LogP) is 5.92. The summed E-state index contributed by atoms with van der Waals surface area (Å²) in [6, 6.07) is 17.2. The highest BCUT2D eigenvalue weighted by Gasteiger charge is 2.35. The molecule has 8 nitrogen and oxygen atoms in total. The fourth-order valence-corrected chi connectivity index (χ4v) is 5.06. The van der Waals surface area contributed by atoms with E-state index in [9.17, 15) is 14.4 Å². The summed E-state index contributed by atoms with van der Waals surface area (Å²) in [5.74, 6) is 0.438. The van der Waals surface area contributed by atoms with Gasteiger partial charge < -0.3 is 20.4 Å². The number of nitriles is 1. The molecule has 1 saturated carbocycles. The second-order valence-corrected chi connectivity index (χ2v) is 9.96. The first kappa shape index (κ1) is 26.3. The maximum Gasteiger partial charge on any atom is 0.357 e. The van der Waals surface area contributed by atoms with E-state index in [1.165, 1.54) is 0 Å². The van der Waals surface area contributed by atoms with Crippen molar-refractivity contribution in [3.63, 3.8) is 0 Å². The van der Waals surface area contributed by atoms with Crippen LogP contribution in [0.4, 0.5) is 21.7 Å². The van der Waals surface area contributed by atoms with Crippen molar-refractivity contribution < 1.29 is 13.9 Å². The highest BCUT2D eigenvalue weighted by Crippen LogP contribution is 2.39. The number of anilines is 3. The summed E-state index contributed by atoms with van der Waals surface area (Å²) in [6.45, 7) is 3.46. The van der Waals surface area contributed by atoms with Crippen molar-refractivity contribution in [1.82, 2.24) is 9.97 Å². The van der Waals surface area contributed by atoms with Crippen LogP contribution in [0.25, 0.3) is 11.1 Å². The van der Waals surface area contributed by atoms with Crippen LogP contribution < -0.4 is 10.2 Å². The minimum atomic E-state index is -0.915. The second kappa shape index (κ2) is 11.6. The third kappa shape index (κ3) is 5.75. The van der Waals surface area contributed by atoms with Crippen LogP contribution in [-0.2, 0) is 4.74 Å². The molecular formula is C30H31FN6O2. The molecule has 0 spiro atoms. The van der Waals surface area contributed by atoms with Crippen molar-refractivity contribution in [2.45, 2.75) is 38.8 Å². The van der Waals surface area contributed by atoms with E-state index in [2.05, 4.69) is 21.3 Å². The van der Waals surface area contributed by atoms with E-state index >= 15 is 0 Å². The number of rotatable bonds is 8. The number of hydrogen-bond acceptors (Lipinski definition) is 8. The third-order valence-corrected chi connectivity index (χ3v) is 7.36. The zero-order chi connectivity index (χ0) is 27.4. The number of alkyl halides is 1. The lowest BCUT2D eigenvalue weighted by molar-refractivity contribution is 0.0519. The molecule has 2 N–H and O–H groups in total. The standard InChI is InChI=1S/C30H31FN6O2/c1-2-39-30(38)25-16-24(20-8-9-26(34-18-20)37-12-10-19(17-32)11-13-37)27(28(33)21-14-22(31)15-21)29(36-25)35-23-6-4-3-5-7-23/h3-9,16,18-19,21-22,33H,2,10-15H2,1H3,(H,35,36). The molecular weight excluding hydrogens is 495 g/mol. The molecule has 3 aromatic rings. The number of hydrogen-bond donors (Lipinski definition) is 2. The molecule has 0 radical (unpaired) electrons. The van der Waals surface area contributed by atoms with Gasteiger partial charge in [0.2, 0.25) is 0 Å². The molecule has 0 atom stereocenters. The molecule has 39 heavy (non-hydrogen) atoms. The van der Waals surface area contributed by atoms with Crippen LogP contribution in [0.3, 0.4) is 0 Å². The summed E-state index contributed by atoms with van der Waals surface area (Å²) >= 11 is 0. The molecule has 1 aromatic carbocycles. The quantitative estimate of drug-likeness (QED) is 0.277. The molecule has 0 amide bonds. The lowest BCUT2D eigenvalue weighted by Crippen LogP contribution is -2.33. The van der Waals surface area contributed by atoms with Gasteiger partial charge in [-0.3, -0.25) is 0 Å². The normalized spacial score (nSPS) is 19.1. The molecule has 9 heteroatoms. The first-order chi connectivity index (χ1) is 19.0. The molecule has 3 heterocycles. The van der Waals surface area contributed by atoms with Gasteiger partial charge in [-0.05, 0) is 68.5 Å². The lowest BCUT2D eigenvalue weighted by Gasteiger charge is -2.32. The minimum absolute atomic E-state index is 0.0816. The van der Waals surface area contributed by atoms with Gasteiger partial charge in [0, 0.05) is 53.6 Å². The van der Waals surface area contributed by atoms with Gasteiger partial charge in [0.15, 0.2) is 5.69 Å². The Hall–Kier alpha value is -4.32. The molecule has 1 aliphatic heterocycles. The van der Waals surface area contributed by atoms with E-state index in [1.807, 2.05) is 42.5 Å². The molecule has 2 aromatic heterocycles. The minimum Gasteiger partial charge on any atom is -0.461 e. The second-order valence-electron chi connectivity index (χ2n) is 9.96. The van der Waals surface area contributed by atoms with E-state index in [0.717, 1.165) is 37.4 Å². The van der Waals surface area contributed by atoms with Crippen LogP contribution in [0.5, 0.6) is 0 Å². The SMILES string of the molecule is CCOC(=O)c1cc(-c2ccc(N3CCC(C#N)CC3)nc2)c(C(=N)C2CC(F)C2)c(Nc2ccccc2)n1. The molecule has 0 bridgehead atoms. The van der Waals surface area contributed by atoms with Crippen LogP contribution in [0.15, 0.2) is 54.7 Å². The monoisotopic (exact) mass is 526 g/mol. The Morgan fingerprint density at radius 3 is 2.56 bits per heavy atom. The number of ether oxygens (including phenoxy) is 1. The highest BCUT2D eigenvalue weighted by molar-refractivity contribution is 6.11. The number of aromatic nitrogens is 2. The summed E-state index contributed by atoms with van der Waals surface area (Å²) in [5.41, 5.74) is 2.99. The Morgan fingerprint density at radius 1 is 1.21 bits per heavy atom. The van der Waals surface area contributed by atoms with E-state index in [0.29, 0.717) is 35.3 Å². The van der Waals surface area contributed by atoms with Gasteiger partial charge in [-0.15, -0.1) is 0 Å². The largest absolute Gasteiger partial charge is 0.461 e. The first-order valence-electron chi connectivity index (χ1n) is 13.3. The molecule has 200 valence electrons. The van der Waals surface area contributed by atoms with Gasteiger partial charge in [0.25, 0.3) is 0 Å². The fourth-order valence-electron chi connectivity index (χ4n) is 5.06. The Morgan fingerprint density at radius 2 is 1.95 bits per heavy atom. The summed E-state index contributed by atoms with van der Waals surface area (Å²) in [7, 11) is 0. The van der Waals surface area contributed by atoms with Gasteiger partial charge >= 0.3 is 5.97 Å². The predicted molar refractivity (Wildman–Crippen MR) is 148 cm³/mol. The van der Waals surface area contributed by atoms with Crippen molar-refractivity contribution in [2.75, 3.05) is 29.9 Å². The number of piperidine rings is 1. The maximum absolute atomic E-state index is 13.8. The van der Waals surface area contributed by atoms with Crippen molar-refractivity contribution in [2.24, 2.45) is 11.8 Å². The fraction of sp³-hybridized carbons (Fsp3) is 0.367. The number of pyridine rings is 2. The molecule has 0 unspecified atom stereocenters. The van der Waals surface area contributed by atoms with E-state index in [4.69, 9.17) is 15.1 Å². The third-order valence-electron chi connectivity index (χ3n) is 7.36. The van der Waals surface area contributed by atoms with Gasteiger partial charge in [0.05, 0.1) is 12.7 Å². The van der Waals surface area contributed by atoms with Crippen LogP contribution in [0, 0.1) is 28.6 Å². The van der Waals surface area contributed by atoms with Crippen LogP contribution >= 0.6 is 0 Å². The summed E-state index contributed by atoms with van der Waals surface area (Å²) in [5, 5.41) is 21.5. The summed E-state index contributed by atoms with van der Waals surface area (Å²) < 4.78 is 19.1. The Balaban J connectivity index is 1.57. The average Bonchev–Trinajstić information content (AvgIpc) is 2.95. The van der Waals surface area contributed by atoms with Gasteiger partial charge in [-0.2, -0.15) is 5.26 Å². The van der Waals surface area contributed by atoms with E-state index in [1.54, 1.807) is 19.2 Å². The highest BCUT2D eigenvalue weighted by atomic mass is 19.1. The van der Waals surface area contributed by atoms with Gasteiger partial charge in [-0.1, -0.05) is 18.2 Å². The van der Waals surface area contributed by atoms with Crippen LogP contribution in [0.1, 0.15) is 48.7 Å². The Labute approximate surface area is 227 Å². The number of nitrogens with zero attached hydrogens (tertiary/aromatic N) is 4.